The van der Waals surface area contributed by atoms with Crippen LogP contribution >= 0.6 is 0 Å². The molecule has 0 bridgehead atoms. The number of hydrogen-bond acceptors (Lipinski definition) is 4. The van der Waals surface area contributed by atoms with Gasteiger partial charge in [0.2, 0.25) is 11.8 Å². The number of hydrogen-bond donors (Lipinski definition) is 1. The molecule has 33 heavy (non-hydrogen) atoms. The number of ether oxygens (including phenoxy) is 2. The molecule has 0 saturated heterocycles. The quantitative estimate of drug-likeness (QED) is 0.480. The summed E-state index contributed by atoms with van der Waals surface area (Å²) in [4.78, 5) is 27.2. The van der Waals surface area contributed by atoms with Crippen molar-refractivity contribution >= 4 is 11.8 Å². The summed E-state index contributed by atoms with van der Waals surface area (Å²) in [5.41, 5.74) is 1.30. The van der Waals surface area contributed by atoms with Crippen LogP contribution in [0.2, 0.25) is 0 Å². The van der Waals surface area contributed by atoms with E-state index in [2.05, 4.69) is 5.32 Å². The predicted octanol–water partition coefficient (Wildman–Crippen LogP) is 4.50. The third-order valence-electron chi connectivity index (χ3n) is 5.25. The zero-order chi connectivity index (χ0) is 24.2. The lowest BCUT2D eigenvalue weighted by atomic mass is 10.1. The van der Waals surface area contributed by atoms with Crippen LogP contribution < -0.4 is 14.8 Å². The van der Waals surface area contributed by atoms with E-state index in [-0.39, 0.29) is 24.8 Å². The highest BCUT2D eigenvalue weighted by Gasteiger charge is 2.26. The van der Waals surface area contributed by atoms with Gasteiger partial charge in [-0.05, 0) is 57.4 Å². The Bertz CT molecular complexity index is 919. The molecule has 1 atom stereocenters. The summed E-state index contributed by atoms with van der Waals surface area (Å²) in [6, 6.07) is 11.2. The van der Waals surface area contributed by atoms with Crippen LogP contribution in [0.5, 0.6) is 11.5 Å². The molecule has 2 amide bonds. The molecule has 0 aromatic heterocycles. The van der Waals surface area contributed by atoms with Crippen molar-refractivity contribution in [2.45, 2.75) is 59.5 Å². The van der Waals surface area contributed by atoms with Gasteiger partial charge < -0.3 is 19.7 Å². The summed E-state index contributed by atoms with van der Waals surface area (Å²) in [6.45, 7) is 9.03. The number of nitrogens with zero attached hydrogens (tertiary/aromatic N) is 1. The lowest BCUT2D eigenvalue weighted by Crippen LogP contribution is -2.47. The minimum absolute atomic E-state index is 0.0275. The molecule has 0 aliphatic rings. The second-order valence-electron chi connectivity index (χ2n) is 7.73. The number of amides is 2. The Kier molecular flexibility index (Phi) is 10.7. The third kappa shape index (κ3) is 7.77. The number of benzene rings is 2. The number of aryl methyl sites for hydroxylation is 1. The molecule has 180 valence electrons. The van der Waals surface area contributed by atoms with Crippen molar-refractivity contribution in [1.82, 2.24) is 10.2 Å². The van der Waals surface area contributed by atoms with Gasteiger partial charge in [-0.1, -0.05) is 31.2 Å². The second kappa shape index (κ2) is 13.5. The van der Waals surface area contributed by atoms with E-state index in [4.69, 9.17) is 9.47 Å². The van der Waals surface area contributed by atoms with Crippen molar-refractivity contribution in [2.24, 2.45) is 0 Å². The molecule has 2 rings (SSSR count). The normalized spacial score (nSPS) is 11.5. The Labute approximate surface area is 196 Å². The molecular formula is C26H35FN2O4. The van der Waals surface area contributed by atoms with Crippen LogP contribution in [0, 0.1) is 5.82 Å². The van der Waals surface area contributed by atoms with E-state index in [1.54, 1.807) is 25.1 Å². The average Bonchev–Trinajstić information content (AvgIpc) is 2.81. The molecular weight excluding hydrogens is 423 g/mol. The number of nitrogens with one attached hydrogen (secondary N) is 1. The molecule has 0 fully saturated rings. The maximum atomic E-state index is 14.3. The Morgan fingerprint density at radius 2 is 1.73 bits per heavy atom. The molecule has 0 aliphatic heterocycles. The van der Waals surface area contributed by atoms with Gasteiger partial charge in [0.05, 0.1) is 13.2 Å². The highest BCUT2D eigenvalue weighted by Crippen LogP contribution is 2.29. The summed E-state index contributed by atoms with van der Waals surface area (Å²) in [5.74, 6) is 0.437. The average molecular weight is 459 g/mol. The zero-order valence-corrected chi connectivity index (χ0v) is 20.0. The maximum absolute atomic E-state index is 14.3. The summed E-state index contributed by atoms with van der Waals surface area (Å²) < 4.78 is 25.5. The largest absolute Gasteiger partial charge is 0.490 e. The third-order valence-corrected chi connectivity index (χ3v) is 5.25. The van der Waals surface area contributed by atoms with Crippen LogP contribution in [0.15, 0.2) is 42.5 Å². The van der Waals surface area contributed by atoms with Crippen molar-refractivity contribution in [1.29, 1.82) is 0 Å². The van der Waals surface area contributed by atoms with Gasteiger partial charge in [0.25, 0.3) is 0 Å². The zero-order valence-electron chi connectivity index (χ0n) is 20.0. The van der Waals surface area contributed by atoms with Gasteiger partial charge in [-0.3, -0.25) is 9.59 Å². The molecule has 7 heteroatoms. The topological polar surface area (TPSA) is 67.9 Å². The smallest absolute Gasteiger partial charge is 0.242 e. The van der Waals surface area contributed by atoms with Crippen LogP contribution in [-0.2, 0) is 22.6 Å². The SMILES string of the molecule is CCCNC(=O)C(C)N(Cc1ccccc1F)C(=O)CCc1ccc(OCC)c(OCC)c1. The molecule has 6 nitrogen and oxygen atoms in total. The lowest BCUT2D eigenvalue weighted by Gasteiger charge is -2.29. The number of carbonyl (C=O) groups excluding carboxylic acids is 2. The molecule has 0 heterocycles. The highest BCUT2D eigenvalue weighted by atomic mass is 19.1. The van der Waals surface area contributed by atoms with Crippen LogP contribution in [-0.4, -0.2) is 42.5 Å². The van der Waals surface area contributed by atoms with Gasteiger partial charge in [0.1, 0.15) is 11.9 Å². The summed E-state index contributed by atoms with van der Waals surface area (Å²) in [7, 11) is 0. The molecule has 1 unspecified atom stereocenters. The van der Waals surface area contributed by atoms with Crippen LogP contribution in [0.1, 0.15) is 51.7 Å². The molecule has 0 aliphatic carbocycles. The molecule has 0 radical (unpaired) electrons. The highest BCUT2D eigenvalue weighted by molar-refractivity contribution is 5.87. The van der Waals surface area contributed by atoms with Crippen molar-refractivity contribution < 1.29 is 23.5 Å². The molecule has 0 spiro atoms. The second-order valence-corrected chi connectivity index (χ2v) is 7.73. The van der Waals surface area contributed by atoms with Gasteiger partial charge in [0.15, 0.2) is 11.5 Å². The van der Waals surface area contributed by atoms with Gasteiger partial charge in [-0.2, -0.15) is 0 Å². The van der Waals surface area contributed by atoms with E-state index in [9.17, 15) is 14.0 Å². The van der Waals surface area contributed by atoms with Crippen LogP contribution in [0.3, 0.4) is 0 Å². The first-order chi connectivity index (χ1) is 15.9. The van der Waals surface area contributed by atoms with Crippen molar-refractivity contribution in [3.63, 3.8) is 0 Å². The Hall–Kier alpha value is -3.09. The van der Waals surface area contributed by atoms with Crippen molar-refractivity contribution in [3.05, 3.63) is 59.4 Å². The molecule has 0 saturated carbocycles. The first-order valence-corrected chi connectivity index (χ1v) is 11.6. The van der Waals surface area contributed by atoms with Gasteiger partial charge in [-0.25, -0.2) is 4.39 Å². The van der Waals surface area contributed by atoms with Crippen LogP contribution in [0.4, 0.5) is 4.39 Å². The van der Waals surface area contributed by atoms with E-state index in [1.807, 2.05) is 39.0 Å². The fourth-order valence-electron chi connectivity index (χ4n) is 3.43. The van der Waals surface area contributed by atoms with Crippen molar-refractivity contribution in [2.75, 3.05) is 19.8 Å². The Balaban J connectivity index is 2.17. The summed E-state index contributed by atoms with van der Waals surface area (Å²) in [6.07, 6.45) is 1.43. The minimum atomic E-state index is -0.719. The lowest BCUT2D eigenvalue weighted by molar-refractivity contribution is -0.140. The first kappa shape index (κ1) is 26.2. The van der Waals surface area contributed by atoms with Gasteiger partial charge >= 0.3 is 0 Å². The van der Waals surface area contributed by atoms with Crippen molar-refractivity contribution in [3.8, 4) is 11.5 Å². The summed E-state index contributed by atoms with van der Waals surface area (Å²) in [5, 5.41) is 2.82. The first-order valence-electron chi connectivity index (χ1n) is 11.6. The van der Waals surface area contributed by atoms with Gasteiger partial charge in [0, 0.05) is 25.1 Å². The van der Waals surface area contributed by atoms with E-state index < -0.39 is 11.9 Å². The Morgan fingerprint density at radius 3 is 2.39 bits per heavy atom. The van der Waals surface area contributed by atoms with Gasteiger partial charge in [-0.15, -0.1) is 0 Å². The fourth-order valence-corrected chi connectivity index (χ4v) is 3.43. The molecule has 2 aromatic rings. The van der Waals surface area contributed by atoms with E-state index >= 15 is 0 Å². The molecule has 2 aromatic carbocycles. The fraction of sp³-hybridized carbons (Fsp3) is 0.462. The Morgan fingerprint density at radius 1 is 1.03 bits per heavy atom. The standard InChI is InChI=1S/C26H35FN2O4/c1-5-16-28-26(31)19(4)29(18-21-10-8-9-11-22(21)27)25(30)15-13-20-12-14-23(32-6-2)24(17-20)33-7-3/h8-12,14,17,19H,5-7,13,15-16,18H2,1-4H3,(H,28,31). The number of carbonyl (C=O) groups is 2. The maximum Gasteiger partial charge on any atom is 0.242 e. The van der Waals surface area contributed by atoms with E-state index in [0.717, 1.165) is 12.0 Å². The number of rotatable bonds is 13. The predicted molar refractivity (Wildman–Crippen MR) is 127 cm³/mol. The molecule has 1 N–H and O–H groups in total. The van der Waals surface area contributed by atoms with Crippen LogP contribution in [0.25, 0.3) is 0 Å². The number of halogens is 1. The minimum Gasteiger partial charge on any atom is -0.490 e. The monoisotopic (exact) mass is 458 g/mol. The summed E-state index contributed by atoms with van der Waals surface area (Å²) >= 11 is 0. The van der Waals surface area contributed by atoms with E-state index in [0.29, 0.717) is 43.2 Å². The van der Waals surface area contributed by atoms with E-state index in [1.165, 1.54) is 11.0 Å².